The molecule has 2 rings (SSSR count). The standard InChI is InChI=1S/C17H24N2O/c1-14-9-15(10-18)5-6-16(14)11-19-12-17(13-20)7-3-2-4-8-17/h5-6,9,19-20H,2-4,7-8,11-13H2,1H3. The maximum absolute atomic E-state index is 9.69. The van der Waals surface area contributed by atoms with E-state index in [1.807, 2.05) is 25.1 Å². The van der Waals surface area contributed by atoms with Gasteiger partial charge in [0.2, 0.25) is 0 Å². The van der Waals surface area contributed by atoms with E-state index in [1.165, 1.54) is 24.8 Å². The molecule has 0 heterocycles. The lowest BCUT2D eigenvalue weighted by Gasteiger charge is -2.35. The molecule has 0 unspecified atom stereocenters. The number of nitrogens with one attached hydrogen (secondary N) is 1. The third kappa shape index (κ3) is 3.59. The second kappa shape index (κ2) is 6.88. The van der Waals surface area contributed by atoms with Crippen molar-refractivity contribution in [2.45, 2.75) is 45.6 Å². The maximum Gasteiger partial charge on any atom is 0.0991 e. The minimum atomic E-state index is 0.0821. The Hall–Kier alpha value is -1.37. The molecule has 2 N–H and O–H groups in total. The summed E-state index contributed by atoms with van der Waals surface area (Å²) in [5, 5.41) is 22.1. The zero-order valence-corrected chi connectivity index (χ0v) is 12.3. The van der Waals surface area contributed by atoms with Gasteiger partial charge in [0, 0.05) is 25.1 Å². The van der Waals surface area contributed by atoms with E-state index < -0.39 is 0 Å². The minimum Gasteiger partial charge on any atom is -0.396 e. The van der Waals surface area contributed by atoms with Crippen molar-refractivity contribution < 1.29 is 5.11 Å². The van der Waals surface area contributed by atoms with Crippen LogP contribution in [0.4, 0.5) is 0 Å². The number of hydrogen-bond acceptors (Lipinski definition) is 3. The number of benzene rings is 1. The van der Waals surface area contributed by atoms with Gasteiger partial charge in [-0.25, -0.2) is 0 Å². The summed E-state index contributed by atoms with van der Waals surface area (Å²) in [6.07, 6.45) is 6.03. The first kappa shape index (κ1) is 15.0. The molecule has 1 aromatic rings. The molecule has 1 aliphatic rings. The predicted octanol–water partition coefficient (Wildman–Crippen LogP) is 2.90. The molecule has 1 aromatic carbocycles. The Morgan fingerprint density at radius 1 is 1.30 bits per heavy atom. The molecule has 0 spiro atoms. The van der Waals surface area contributed by atoms with Crippen LogP contribution in [-0.2, 0) is 6.54 Å². The van der Waals surface area contributed by atoms with Gasteiger partial charge in [-0.3, -0.25) is 0 Å². The van der Waals surface area contributed by atoms with Gasteiger partial charge in [0.15, 0.2) is 0 Å². The van der Waals surface area contributed by atoms with Gasteiger partial charge < -0.3 is 10.4 Å². The van der Waals surface area contributed by atoms with Crippen LogP contribution in [0.2, 0.25) is 0 Å². The number of aliphatic hydroxyl groups is 1. The first-order valence-electron chi connectivity index (χ1n) is 7.50. The lowest BCUT2D eigenvalue weighted by Crippen LogP contribution is -2.38. The van der Waals surface area contributed by atoms with Crippen molar-refractivity contribution >= 4 is 0 Å². The number of rotatable bonds is 5. The van der Waals surface area contributed by atoms with Crippen molar-refractivity contribution in [2.24, 2.45) is 5.41 Å². The SMILES string of the molecule is Cc1cc(C#N)ccc1CNCC1(CO)CCCCC1. The highest BCUT2D eigenvalue weighted by Crippen LogP contribution is 2.35. The molecule has 0 aliphatic heterocycles. The maximum atomic E-state index is 9.69. The van der Waals surface area contributed by atoms with E-state index in [0.29, 0.717) is 5.56 Å². The van der Waals surface area contributed by atoms with Gasteiger partial charge in [-0.05, 0) is 43.0 Å². The van der Waals surface area contributed by atoms with Gasteiger partial charge in [0.05, 0.1) is 11.6 Å². The molecule has 3 heteroatoms. The zero-order valence-electron chi connectivity index (χ0n) is 12.3. The highest BCUT2D eigenvalue weighted by atomic mass is 16.3. The van der Waals surface area contributed by atoms with Crippen LogP contribution in [0.25, 0.3) is 0 Å². The molecule has 0 bridgehead atoms. The van der Waals surface area contributed by atoms with Gasteiger partial charge in [-0.2, -0.15) is 5.26 Å². The average molecular weight is 272 g/mol. The van der Waals surface area contributed by atoms with Crippen LogP contribution in [0, 0.1) is 23.7 Å². The Kier molecular flexibility index (Phi) is 5.17. The Labute approximate surface area is 121 Å². The van der Waals surface area contributed by atoms with Crippen molar-refractivity contribution in [3.8, 4) is 6.07 Å². The van der Waals surface area contributed by atoms with Crippen molar-refractivity contribution in [3.63, 3.8) is 0 Å². The van der Waals surface area contributed by atoms with Crippen molar-refractivity contribution in [1.29, 1.82) is 5.26 Å². The van der Waals surface area contributed by atoms with Gasteiger partial charge in [0.25, 0.3) is 0 Å². The van der Waals surface area contributed by atoms with Crippen molar-refractivity contribution in [1.82, 2.24) is 5.32 Å². The van der Waals surface area contributed by atoms with Crippen molar-refractivity contribution in [3.05, 3.63) is 34.9 Å². The summed E-state index contributed by atoms with van der Waals surface area (Å²) in [6, 6.07) is 7.98. The summed E-state index contributed by atoms with van der Waals surface area (Å²) in [5.74, 6) is 0. The van der Waals surface area contributed by atoms with E-state index >= 15 is 0 Å². The molecule has 0 radical (unpaired) electrons. The molecule has 108 valence electrons. The number of hydrogen-bond donors (Lipinski definition) is 2. The summed E-state index contributed by atoms with van der Waals surface area (Å²) >= 11 is 0. The quantitative estimate of drug-likeness (QED) is 0.866. The smallest absolute Gasteiger partial charge is 0.0991 e. The largest absolute Gasteiger partial charge is 0.396 e. The molecule has 1 fully saturated rings. The molecule has 1 aliphatic carbocycles. The number of aryl methyl sites for hydroxylation is 1. The first-order valence-corrected chi connectivity index (χ1v) is 7.50. The second-order valence-electron chi connectivity index (χ2n) is 6.08. The fraction of sp³-hybridized carbons (Fsp3) is 0.588. The summed E-state index contributed by atoms with van der Waals surface area (Å²) in [5.41, 5.74) is 3.18. The molecular weight excluding hydrogens is 248 g/mol. The zero-order chi connectivity index (χ0) is 14.4. The van der Waals surface area contributed by atoms with Gasteiger partial charge >= 0.3 is 0 Å². The van der Waals surface area contributed by atoms with E-state index in [2.05, 4.69) is 11.4 Å². The summed E-state index contributed by atoms with van der Waals surface area (Å²) in [6.45, 7) is 4.01. The molecule has 20 heavy (non-hydrogen) atoms. The van der Waals surface area contributed by atoms with Crippen LogP contribution in [0.1, 0.15) is 48.8 Å². The van der Waals surface area contributed by atoms with E-state index in [-0.39, 0.29) is 12.0 Å². The van der Waals surface area contributed by atoms with Gasteiger partial charge in [-0.15, -0.1) is 0 Å². The highest BCUT2D eigenvalue weighted by molar-refractivity contribution is 5.37. The van der Waals surface area contributed by atoms with Crippen molar-refractivity contribution in [2.75, 3.05) is 13.2 Å². The predicted molar refractivity (Wildman–Crippen MR) is 80.2 cm³/mol. The summed E-state index contributed by atoms with van der Waals surface area (Å²) in [4.78, 5) is 0. The summed E-state index contributed by atoms with van der Waals surface area (Å²) in [7, 11) is 0. The average Bonchev–Trinajstić information content (AvgIpc) is 2.50. The molecule has 0 amide bonds. The van der Waals surface area contributed by atoms with Crippen LogP contribution in [0.3, 0.4) is 0 Å². The van der Waals surface area contributed by atoms with Crippen LogP contribution >= 0.6 is 0 Å². The molecule has 1 saturated carbocycles. The third-order valence-electron chi connectivity index (χ3n) is 4.54. The van der Waals surface area contributed by atoms with Gasteiger partial charge in [0.1, 0.15) is 0 Å². The number of aliphatic hydroxyl groups excluding tert-OH is 1. The van der Waals surface area contributed by atoms with Gasteiger partial charge in [-0.1, -0.05) is 25.3 Å². The first-order chi connectivity index (χ1) is 9.69. The van der Waals surface area contributed by atoms with E-state index in [4.69, 9.17) is 5.26 Å². The topological polar surface area (TPSA) is 56.0 Å². The highest BCUT2D eigenvalue weighted by Gasteiger charge is 2.30. The molecule has 0 saturated heterocycles. The monoisotopic (exact) mass is 272 g/mol. The Bertz CT molecular complexity index is 484. The van der Waals surface area contributed by atoms with Crippen LogP contribution < -0.4 is 5.32 Å². The van der Waals surface area contributed by atoms with Crippen LogP contribution in [0.5, 0.6) is 0 Å². The number of nitriles is 1. The fourth-order valence-corrected chi connectivity index (χ4v) is 3.12. The minimum absolute atomic E-state index is 0.0821. The molecule has 3 nitrogen and oxygen atoms in total. The molecule has 0 atom stereocenters. The Morgan fingerprint density at radius 3 is 2.65 bits per heavy atom. The fourth-order valence-electron chi connectivity index (χ4n) is 3.12. The number of nitrogens with zero attached hydrogens (tertiary/aromatic N) is 1. The lowest BCUT2D eigenvalue weighted by atomic mass is 9.74. The summed E-state index contributed by atoms with van der Waals surface area (Å²) < 4.78 is 0. The Morgan fingerprint density at radius 2 is 2.05 bits per heavy atom. The second-order valence-corrected chi connectivity index (χ2v) is 6.08. The van der Waals surface area contributed by atoms with E-state index in [1.54, 1.807) is 0 Å². The molecule has 0 aromatic heterocycles. The third-order valence-corrected chi connectivity index (χ3v) is 4.54. The molecular formula is C17H24N2O. The lowest BCUT2D eigenvalue weighted by molar-refractivity contribution is 0.0810. The van der Waals surface area contributed by atoms with Crippen LogP contribution in [0.15, 0.2) is 18.2 Å². The van der Waals surface area contributed by atoms with E-state index in [9.17, 15) is 5.11 Å². The Balaban J connectivity index is 1.90. The normalized spacial score (nSPS) is 17.6. The van der Waals surface area contributed by atoms with Crippen LogP contribution in [-0.4, -0.2) is 18.3 Å². The van der Waals surface area contributed by atoms with E-state index in [0.717, 1.165) is 31.5 Å².